The van der Waals surface area contributed by atoms with Gasteiger partial charge in [-0.1, -0.05) is 12.1 Å². The third-order valence-corrected chi connectivity index (χ3v) is 5.09. The lowest BCUT2D eigenvalue weighted by molar-refractivity contribution is 0.311. The molecule has 1 N–H and O–H groups in total. The van der Waals surface area contributed by atoms with Crippen LogP contribution in [0.5, 0.6) is 11.5 Å². The highest BCUT2D eigenvalue weighted by Crippen LogP contribution is 2.34. The van der Waals surface area contributed by atoms with Gasteiger partial charge in [-0.15, -0.1) is 5.10 Å². The minimum Gasteiger partial charge on any atom is -0.496 e. The molecule has 0 radical (unpaired) electrons. The van der Waals surface area contributed by atoms with Crippen LogP contribution < -0.4 is 19.7 Å². The van der Waals surface area contributed by atoms with Crippen LogP contribution in [0.2, 0.25) is 0 Å². The molecule has 0 aliphatic carbocycles. The maximum atomic E-state index is 5.72. The normalized spacial score (nSPS) is 13.1. The Hall–Kier alpha value is -3.74. The number of rotatable bonds is 4. The number of methoxy groups -OCH3 is 1. The molecule has 0 atom stereocenters. The highest BCUT2D eigenvalue weighted by Gasteiger charge is 2.16. The molecule has 5 rings (SSSR count). The summed E-state index contributed by atoms with van der Waals surface area (Å²) in [5.74, 6) is 2.21. The van der Waals surface area contributed by atoms with Crippen LogP contribution in [-0.4, -0.2) is 41.9 Å². The molecule has 4 aromatic rings. The lowest BCUT2D eigenvalue weighted by Crippen LogP contribution is -2.28. The number of likely N-dealkylation sites (N-methyl/N-ethyl adjacent to an activating group) is 1. The molecule has 2 aromatic heterocycles. The quantitative estimate of drug-likeness (QED) is 0.572. The molecule has 7 heteroatoms. The third-order valence-electron chi connectivity index (χ3n) is 5.09. The topological polar surface area (TPSA) is 63.9 Å². The van der Waals surface area contributed by atoms with Crippen LogP contribution in [0.15, 0.2) is 60.8 Å². The summed E-state index contributed by atoms with van der Waals surface area (Å²) in [4.78, 5) is 6.64. The molecule has 0 unspecified atom stereocenters. The Balaban J connectivity index is 1.51. The Morgan fingerprint density at radius 2 is 2.00 bits per heavy atom. The maximum Gasteiger partial charge on any atom is 0.245 e. The van der Waals surface area contributed by atoms with E-state index in [0.717, 1.165) is 46.2 Å². The zero-order valence-electron chi connectivity index (χ0n) is 16.3. The lowest BCUT2D eigenvalue weighted by atomic mass is 10.1. The molecule has 1 aliphatic rings. The molecule has 0 saturated heterocycles. The highest BCUT2D eigenvalue weighted by atomic mass is 16.5. The van der Waals surface area contributed by atoms with Gasteiger partial charge in [-0.2, -0.15) is 0 Å². The molecule has 0 fully saturated rings. The summed E-state index contributed by atoms with van der Waals surface area (Å²) in [5, 5.41) is 8.01. The SMILES string of the molecule is COc1ccccc1-c1ccc2cnc(Nc3ccc4c(c3)N(C)CCO4)nn12. The lowest BCUT2D eigenvalue weighted by Gasteiger charge is -2.28. The van der Waals surface area contributed by atoms with E-state index in [1.807, 2.05) is 59.2 Å². The van der Waals surface area contributed by atoms with Crippen LogP contribution in [0, 0.1) is 0 Å². The number of fused-ring (bicyclic) bond motifs is 2. The van der Waals surface area contributed by atoms with Crippen molar-refractivity contribution in [2.24, 2.45) is 0 Å². The highest BCUT2D eigenvalue weighted by molar-refractivity contribution is 5.72. The second-order valence-electron chi connectivity index (χ2n) is 6.91. The van der Waals surface area contributed by atoms with E-state index in [-0.39, 0.29) is 0 Å². The smallest absolute Gasteiger partial charge is 0.245 e. The van der Waals surface area contributed by atoms with Gasteiger partial charge in [0.2, 0.25) is 5.95 Å². The van der Waals surface area contributed by atoms with Gasteiger partial charge in [0, 0.05) is 18.3 Å². The summed E-state index contributed by atoms with van der Waals surface area (Å²) in [6.07, 6.45) is 1.81. The molecule has 7 nitrogen and oxygen atoms in total. The number of nitrogens with zero attached hydrogens (tertiary/aromatic N) is 4. The summed E-state index contributed by atoms with van der Waals surface area (Å²) in [6, 6.07) is 17.9. The number of benzene rings is 2. The van der Waals surface area contributed by atoms with Crippen molar-refractivity contribution in [1.29, 1.82) is 0 Å². The first kappa shape index (κ1) is 17.4. The third kappa shape index (κ3) is 3.10. The van der Waals surface area contributed by atoms with E-state index in [1.165, 1.54) is 0 Å². The average Bonchev–Trinajstić information content (AvgIpc) is 3.17. The summed E-state index contributed by atoms with van der Waals surface area (Å²) < 4.78 is 13.1. The van der Waals surface area contributed by atoms with E-state index in [4.69, 9.17) is 14.6 Å². The summed E-state index contributed by atoms with van der Waals surface area (Å²) in [5.41, 5.74) is 4.80. The van der Waals surface area contributed by atoms with Crippen LogP contribution >= 0.6 is 0 Å². The van der Waals surface area contributed by atoms with Gasteiger partial charge in [0.05, 0.1) is 36.7 Å². The standard InChI is InChI=1S/C22H21N5O2/c1-26-11-12-29-21-10-7-15(13-19(21)26)24-22-23-14-16-8-9-18(27(16)25-22)17-5-3-4-6-20(17)28-2/h3-10,13-14H,11-12H2,1-2H3,(H,24,25). The van der Waals surface area contributed by atoms with Gasteiger partial charge in [0.25, 0.3) is 0 Å². The number of hydrogen-bond acceptors (Lipinski definition) is 6. The molecule has 3 heterocycles. The van der Waals surface area contributed by atoms with Crippen LogP contribution in [0.1, 0.15) is 0 Å². The number of hydrogen-bond donors (Lipinski definition) is 1. The number of ether oxygens (including phenoxy) is 2. The van der Waals surface area contributed by atoms with Crippen molar-refractivity contribution < 1.29 is 9.47 Å². The van der Waals surface area contributed by atoms with Gasteiger partial charge in [-0.05, 0) is 42.5 Å². The molecule has 0 amide bonds. The van der Waals surface area contributed by atoms with Gasteiger partial charge < -0.3 is 19.7 Å². The Morgan fingerprint density at radius 3 is 2.90 bits per heavy atom. The van der Waals surface area contributed by atoms with Crippen molar-refractivity contribution in [3.63, 3.8) is 0 Å². The predicted octanol–water partition coefficient (Wildman–Crippen LogP) is 3.98. The van der Waals surface area contributed by atoms with Crippen LogP contribution in [0.4, 0.5) is 17.3 Å². The van der Waals surface area contributed by atoms with Crippen molar-refractivity contribution in [1.82, 2.24) is 14.6 Å². The summed E-state index contributed by atoms with van der Waals surface area (Å²) in [6.45, 7) is 1.57. The Labute approximate surface area is 168 Å². The van der Waals surface area contributed by atoms with Crippen LogP contribution in [-0.2, 0) is 0 Å². The monoisotopic (exact) mass is 387 g/mol. The molecule has 0 bridgehead atoms. The zero-order chi connectivity index (χ0) is 19.8. The van der Waals surface area contributed by atoms with Gasteiger partial charge in [0.1, 0.15) is 18.1 Å². The Morgan fingerprint density at radius 1 is 1.10 bits per heavy atom. The molecule has 146 valence electrons. The van der Waals surface area contributed by atoms with Gasteiger partial charge >= 0.3 is 0 Å². The number of aromatic nitrogens is 3. The van der Waals surface area contributed by atoms with Crippen LogP contribution in [0.3, 0.4) is 0 Å². The molecule has 1 aliphatic heterocycles. The van der Waals surface area contributed by atoms with Crippen molar-refractivity contribution in [3.05, 3.63) is 60.8 Å². The predicted molar refractivity (Wildman–Crippen MR) is 113 cm³/mol. The van der Waals surface area contributed by atoms with E-state index in [0.29, 0.717) is 12.6 Å². The number of para-hydroxylation sites is 1. The van der Waals surface area contributed by atoms with Gasteiger partial charge in [-0.25, -0.2) is 9.50 Å². The van der Waals surface area contributed by atoms with E-state index in [1.54, 1.807) is 7.11 Å². The molecule has 29 heavy (non-hydrogen) atoms. The van der Waals surface area contributed by atoms with Crippen LogP contribution in [0.25, 0.3) is 16.8 Å². The van der Waals surface area contributed by atoms with E-state index >= 15 is 0 Å². The first-order valence-corrected chi connectivity index (χ1v) is 9.46. The van der Waals surface area contributed by atoms with E-state index in [9.17, 15) is 0 Å². The fourth-order valence-corrected chi connectivity index (χ4v) is 3.58. The second-order valence-corrected chi connectivity index (χ2v) is 6.91. The van der Waals surface area contributed by atoms with E-state index < -0.39 is 0 Å². The molecule has 2 aromatic carbocycles. The molecular weight excluding hydrogens is 366 g/mol. The Bertz CT molecular complexity index is 1190. The Kier molecular flexibility index (Phi) is 4.20. The first-order valence-electron chi connectivity index (χ1n) is 9.46. The average molecular weight is 387 g/mol. The van der Waals surface area contributed by atoms with Gasteiger partial charge in [-0.3, -0.25) is 0 Å². The van der Waals surface area contributed by atoms with Crippen molar-refractivity contribution in [3.8, 4) is 22.8 Å². The zero-order valence-corrected chi connectivity index (χ0v) is 16.3. The largest absolute Gasteiger partial charge is 0.496 e. The van der Waals surface area contributed by atoms with Gasteiger partial charge in [0.15, 0.2) is 0 Å². The second kappa shape index (κ2) is 7.01. The fourth-order valence-electron chi connectivity index (χ4n) is 3.58. The van der Waals surface area contributed by atoms with Crippen molar-refractivity contribution in [2.45, 2.75) is 0 Å². The number of nitrogens with one attached hydrogen (secondary N) is 1. The first-order chi connectivity index (χ1) is 14.2. The van der Waals surface area contributed by atoms with E-state index in [2.05, 4.69) is 28.3 Å². The molecule has 0 saturated carbocycles. The summed E-state index contributed by atoms with van der Waals surface area (Å²) >= 11 is 0. The minimum absolute atomic E-state index is 0.518. The maximum absolute atomic E-state index is 5.72. The van der Waals surface area contributed by atoms with Crippen molar-refractivity contribution in [2.75, 3.05) is 37.5 Å². The molecule has 0 spiro atoms. The van der Waals surface area contributed by atoms with Crippen molar-refractivity contribution >= 4 is 22.8 Å². The number of anilines is 3. The molecular formula is C22H21N5O2. The fraction of sp³-hybridized carbons (Fsp3) is 0.182. The minimum atomic E-state index is 0.518. The summed E-state index contributed by atoms with van der Waals surface area (Å²) in [7, 11) is 3.74.